The maximum Gasteiger partial charge on any atom is 0.343 e. The topological polar surface area (TPSA) is 67.8 Å². The lowest BCUT2D eigenvalue weighted by atomic mass is 9.86. The van der Waals surface area contributed by atoms with Gasteiger partial charge in [0, 0.05) is 49.4 Å². The SMILES string of the molecule is CCOC(=O)c1cnc(C2CC2)nc1N1CCC2(CCN(c3ccc(OC)cc3)C2)C1. The first-order valence-electron chi connectivity index (χ1n) is 11.3. The molecular formula is C24H30N4O3. The fraction of sp³-hybridized carbons (Fsp3) is 0.542. The van der Waals surface area contributed by atoms with Crippen LogP contribution in [0.1, 0.15) is 54.7 Å². The van der Waals surface area contributed by atoms with Gasteiger partial charge in [-0.25, -0.2) is 14.8 Å². The lowest BCUT2D eigenvalue weighted by Crippen LogP contribution is -2.32. The Bertz CT molecular complexity index is 960. The Labute approximate surface area is 183 Å². The number of carbonyl (C=O) groups excluding carboxylic acids is 1. The van der Waals surface area contributed by atoms with Crippen LogP contribution >= 0.6 is 0 Å². The summed E-state index contributed by atoms with van der Waals surface area (Å²) in [5.41, 5.74) is 1.95. The van der Waals surface area contributed by atoms with E-state index < -0.39 is 0 Å². The molecule has 0 bridgehead atoms. The van der Waals surface area contributed by atoms with Crippen molar-refractivity contribution in [3.63, 3.8) is 0 Å². The Morgan fingerprint density at radius 2 is 1.84 bits per heavy atom. The third-order valence-electron chi connectivity index (χ3n) is 6.84. The maximum absolute atomic E-state index is 12.6. The second-order valence-corrected chi connectivity index (χ2v) is 9.00. The highest BCUT2D eigenvalue weighted by Crippen LogP contribution is 2.44. The van der Waals surface area contributed by atoms with Gasteiger partial charge in [-0.05, 0) is 56.9 Å². The van der Waals surface area contributed by atoms with Gasteiger partial charge in [-0.3, -0.25) is 0 Å². The summed E-state index contributed by atoms with van der Waals surface area (Å²) in [6, 6.07) is 8.31. The van der Waals surface area contributed by atoms with Crippen molar-refractivity contribution >= 4 is 17.5 Å². The number of benzene rings is 1. The van der Waals surface area contributed by atoms with Gasteiger partial charge in [0.25, 0.3) is 0 Å². The molecule has 1 spiro atoms. The molecule has 164 valence electrons. The highest BCUT2D eigenvalue weighted by atomic mass is 16.5. The summed E-state index contributed by atoms with van der Waals surface area (Å²) < 4.78 is 10.6. The number of hydrogen-bond acceptors (Lipinski definition) is 7. The van der Waals surface area contributed by atoms with Gasteiger partial charge in [0.15, 0.2) is 0 Å². The zero-order valence-electron chi connectivity index (χ0n) is 18.3. The van der Waals surface area contributed by atoms with E-state index in [0.717, 1.165) is 69.3 Å². The van der Waals surface area contributed by atoms with Crippen LogP contribution in [0, 0.1) is 5.41 Å². The van der Waals surface area contributed by atoms with E-state index in [1.165, 1.54) is 5.69 Å². The lowest BCUT2D eigenvalue weighted by molar-refractivity contribution is 0.0526. The second kappa shape index (κ2) is 8.02. The number of esters is 1. The molecule has 3 fully saturated rings. The molecule has 0 amide bonds. The Balaban J connectivity index is 1.35. The van der Waals surface area contributed by atoms with Crippen molar-refractivity contribution in [1.29, 1.82) is 0 Å². The van der Waals surface area contributed by atoms with Crippen LogP contribution in [0.15, 0.2) is 30.5 Å². The molecule has 2 aromatic rings. The Morgan fingerprint density at radius 3 is 2.52 bits per heavy atom. The van der Waals surface area contributed by atoms with Crippen LogP contribution < -0.4 is 14.5 Å². The summed E-state index contributed by atoms with van der Waals surface area (Å²) in [4.78, 5) is 26.7. The quantitative estimate of drug-likeness (QED) is 0.658. The van der Waals surface area contributed by atoms with Crippen LogP contribution in [0.5, 0.6) is 5.75 Å². The molecule has 0 radical (unpaired) electrons. The molecule has 7 heteroatoms. The van der Waals surface area contributed by atoms with Crippen LogP contribution in [-0.4, -0.2) is 55.8 Å². The Hall–Kier alpha value is -2.83. The zero-order chi connectivity index (χ0) is 21.4. The van der Waals surface area contributed by atoms with Gasteiger partial charge in [-0.2, -0.15) is 0 Å². The molecule has 3 heterocycles. The van der Waals surface area contributed by atoms with Crippen molar-refractivity contribution in [1.82, 2.24) is 9.97 Å². The predicted molar refractivity (Wildman–Crippen MR) is 119 cm³/mol. The number of hydrogen-bond donors (Lipinski definition) is 0. The Morgan fingerprint density at radius 1 is 1.13 bits per heavy atom. The third-order valence-corrected chi connectivity index (χ3v) is 6.84. The molecule has 1 aromatic heterocycles. The predicted octanol–water partition coefficient (Wildman–Crippen LogP) is 3.65. The van der Waals surface area contributed by atoms with Crippen molar-refractivity contribution in [3.05, 3.63) is 41.9 Å². The van der Waals surface area contributed by atoms with Crippen LogP contribution in [0.4, 0.5) is 11.5 Å². The van der Waals surface area contributed by atoms with Crippen LogP contribution in [-0.2, 0) is 4.74 Å². The fourth-order valence-electron chi connectivity index (χ4n) is 4.92. The zero-order valence-corrected chi connectivity index (χ0v) is 18.3. The van der Waals surface area contributed by atoms with E-state index in [9.17, 15) is 4.79 Å². The molecule has 1 saturated carbocycles. The van der Waals surface area contributed by atoms with Crippen molar-refractivity contribution in [2.24, 2.45) is 5.41 Å². The van der Waals surface area contributed by atoms with Crippen LogP contribution in [0.3, 0.4) is 0 Å². The van der Waals surface area contributed by atoms with Crippen molar-refractivity contribution in [2.75, 3.05) is 49.7 Å². The van der Waals surface area contributed by atoms with Gasteiger partial charge in [0.05, 0.1) is 13.7 Å². The normalized spacial score (nSPS) is 22.9. The average molecular weight is 423 g/mol. The molecule has 2 aliphatic heterocycles. The number of carbonyl (C=O) groups is 1. The lowest BCUT2D eigenvalue weighted by Gasteiger charge is -2.26. The minimum Gasteiger partial charge on any atom is -0.497 e. The molecule has 0 N–H and O–H groups in total. The molecule has 31 heavy (non-hydrogen) atoms. The van der Waals surface area contributed by atoms with Gasteiger partial charge in [-0.15, -0.1) is 0 Å². The van der Waals surface area contributed by atoms with Crippen molar-refractivity contribution in [2.45, 2.75) is 38.5 Å². The van der Waals surface area contributed by atoms with Crippen LogP contribution in [0.2, 0.25) is 0 Å². The van der Waals surface area contributed by atoms with E-state index in [-0.39, 0.29) is 11.4 Å². The van der Waals surface area contributed by atoms with Gasteiger partial charge in [-0.1, -0.05) is 0 Å². The van der Waals surface area contributed by atoms with Gasteiger partial charge in [0.2, 0.25) is 0 Å². The highest BCUT2D eigenvalue weighted by molar-refractivity contribution is 5.94. The smallest absolute Gasteiger partial charge is 0.343 e. The largest absolute Gasteiger partial charge is 0.497 e. The molecule has 1 atom stereocenters. The van der Waals surface area contributed by atoms with E-state index in [2.05, 4.69) is 26.9 Å². The number of nitrogens with zero attached hydrogens (tertiary/aromatic N) is 4. The number of rotatable bonds is 6. The molecule has 2 saturated heterocycles. The molecule has 5 rings (SSSR count). The minimum absolute atomic E-state index is 0.219. The molecule has 1 aromatic carbocycles. The summed E-state index contributed by atoms with van der Waals surface area (Å²) >= 11 is 0. The first kappa shape index (κ1) is 20.1. The van der Waals surface area contributed by atoms with E-state index in [1.807, 2.05) is 19.1 Å². The van der Waals surface area contributed by atoms with E-state index in [0.29, 0.717) is 18.1 Å². The highest BCUT2D eigenvalue weighted by Gasteiger charge is 2.45. The molecule has 1 unspecified atom stereocenters. The first-order chi connectivity index (χ1) is 15.1. The van der Waals surface area contributed by atoms with E-state index >= 15 is 0 Å². The average Bonchev–Trinajstić information content (AvgIpc) is 3.45. The van der Waals surface area contributed by atoms with Crippen LogP contribution in [0.25, 0.3) is 0 Å². The molecule has 1 aliphatic carbocycles. The Kier molecular flexibility index (Phi) is 5.20. The summed E-state index contributed by atoms with van der Waals surface area (Å²) in [7, 11) is 1.69. The van der Waals surface area contributed by atoms with E-state index in [1.54, 1.807) is 13.3 Å². The summed E-state index contributed by atoms with van der Waals surface area (Å²) in [5.74, 6) is 2.63. The maximum atomic E-state index is 12.6. The summed E-state index contributed by atoms with van der Waals surface area (Å²) in [6.45, 7) is 6.06. The number of anilines is 2. The summed E-state index contributed by atoms with van der Waals surface area (Å²) in [6.07, 6.45) is 6.20. The van der Waals surface area contributed by atoms with Gasteiger partial charge >= 0.3 is 5.97 Å². The molecule has 7 nitrogen and oxygen atoms in total. The first-order valence-corrected chi connectivity index (χ1v) is 11.3. The number of methoxy groups -OCH3 is 1. The van der Waals surface area contributed by atoms with Gasteiger partial charge in [0.1, 0.15) is 23.0 Å². The van der Waals surface area contributed by atoms with Gasteiger partial charge < -0.3 is 19.3 Å². The summed E-state index contributed by atoms with van der Waals surface area (Å²) in [5, 5.41) is 0. The molecular weight excluding hydrogens is 392 g/mol. The number of aromatic nitrogens is 2. The van der Waals surface area contributed by atoms with Crippen molar-refractivity contribution < 1.29 is 14.3 Å². The molecule has 3 aliphatic rings. The standard InChI is InChI=1S/C24H30N4O3/c1-3-31-23(29)20-14-25-21(17-4-5-17)26-22(20)28-13-11-24(16-28)10-12-27(15-24)18-6-8-19(30-2)9-7-18/h6-9,14,17H,3-5,10-13,15-16H2,1-2H3. The minimum atomic E-state index is -0.327. The van der Waals surface area contributed by atoms with Crippen molar-refractivity contribution in [3.8, 4) is 5.75 Å². The number of ether oxygens (including phenoxy) is 2. The monoisotopic (exact) mass is 422 g/mol. The third kappa shape index (κ3) is 3.93. The fourth-order valence-corrected chi connectivity index (χ4v) is 4.92. The second-order valence-electron chi connectivity index (χ2n) is 9.00. The van der Waals surface area contributed by atoms with E-state index in [4.69, 9.17) is 14.5 Å².